The summed E-state index contributed by atoms with van der Waals surface area (Å²) in [6.07, 6.45) is -1.21. The minimum absolute atomic E-state index is 0.0298. The molecule has 6 nitrogen and oxygen atoms in total. The number of esters is 1. The summed E-state index contributed by atoms with van der Waals surface area (Å²) in [5.74, 6) is -2.51. The highest BCUT2D eigenvalue weighted by molar-refractivity contribution is 14.1. The Kier molecular flexibility index (Phi) is 6.45. The number of carbonyl (C=O) groups excluding carboxylic acids is 1. The van der Waals surface area contributed by atoms with Gasteiger partial charge in [0, 0.05) is 0 Å². The van der Waals surface area contributed by atoms with E-state index in [0.29, 0.717) is 18.8 Å². The lowest BCUT2D eigenvalue weighted by Gasteiger charge is -2.45. The van der Waals surface area contributed by atoms with Crippen LogP contribution in [0.1, 0.15) is 29.8 Å². The van der Waals surface area contributed by atoms with E-state index in [2.05, 4.69) is 22.6 Å². The van der Waals surface area contributed by atoms with Gasteiger partial charge in [-0.15, -0.1) is 0 Å². The highest BCUT2D eigenvalue weighted by atomic mass is 127. The quantitative estimate of drug-likeness (QED) is 0.334. The van der Waals surface area contributed by atoms with Crippen molar-refractivity contribution >= 4 is 28.6 Å². The Hall–Kier alpha value is -1.52. The maximum Gasteiger partial charge on any atom is 0.338 e. The lowest BCUT2D eigenvalue weighted by Crippen LogP contribution is -2.63. The van der Waals surface area contributed by atoms with E-state index in [4.69, 9.17) is 23.7 Å². The van der Waals surface area contributed by atoms with Gasteiger partial charge in [-0.1, -0.05) is 71.1 Å². The molecule has 0 unspecified atom stereocenters. The monoisotopic (exact) mass is 524 g/mol. The number of rotatable bonds is 5. The molecule has 0 N–H and O–H groups in total. The van der Waals surface area contributed by atoms with Crippen LogP contribution in [-0.4, -0.2) is 46.9 Å². The fourth-order valence-corrected chi connectivity index (χ4v) is 4.44. The van der Waals surface area contributed by atoms with Gasteiger partial charge in [-0.25, -0.2) is 4.79 Å². The first kappa shape index (κ1) is 21.7. The third-order valence-corrected chi connectivity index (χ3v) is 6.21. The number of ether oxygens (including phenoxy) is 5. The second-order valence-electron chi connectivity index (χ2n) is 7.88. The fraction of sp³-hybridized carbons (Fsp3) is 0.435. The first-order valence-corrected chi connectivity index (χ1v) is 11.2. The van der Waals surface area contributed by atoms with Gasteiger partial charge in [0.05, 0.1) is 22.7 Å². The van der Waals surface area contributed by atoms with Gasteiger partial charge in [-0.3, -0.25) is 0 Å². The van der Waals surface area contributed by atoms with Crippen molar-refractivity contribution in [3.63, 3.8) is 0 Å². The lowest BCUT2D eigenvalue weighted by atomic mass is 9.98. The highest BCUT2D eigenvalue weighted by Gasteiger charge is 2.60. The second-order valence-corrected chi connectivity index (χ2v) is 9.48. The van der Waals surface area contributed by atoms with Gasteiger partial charge >= 0.3 is 5.97 Å². The van der Waals surface area contributed by atoms with Crippen LogP contribution in [-0.2, 0) is 30.3 Å². The minimum Gasteiger partial charge on any atom is -0.450 e. The van der Waals surface area contributed by atoms with Crippen molar-refractivity contribution in [3.05, 3.63) is 71.8 Å². The van der Waals surface area contributed by atoms with Crippen LogP contribution in [0.5, 0.6) is 0 Å². The summed E-state index contributed by atoms with van der Waals surface area (Å²) in [5, 5.41) is 0. The largest absolute Gasteiger partial charge is 0.450 e. The molecule has 0 aromatic heterocycles. The number of carbonyl (C=O) groups is 1. The third kappa shape index (κ3) is 4.70. The Balaban J connectivity index is 1.60. The number of halogens is 1. The van der Waals surface area contributed by atoms with Crippen molar-refractivity contribution in [3.8, 4) is 0 Å². The zero-order valence-corrected chi connectivity index (χ0v) is 19.1. The molecule has 1 spiro atoms. The van der Waals surface area contributed by atoms with Gasteiger partial charge in [0.25, 0.3) is 0 Å². The molecule has 2 fully saturated rings. The van der Waals surface area contributed by atoms with Gasteiger partial charge in [-0.2, -0.15) is 0 Å². The maximum absolute atomic E-state index is 12.9. The molecule has 0 aliphatic carbocycles. The number of alkyl halides is 1. The zero-order chi connectivity index (χ0) is 21.2. The predicted octanol–water partition coefficient (Wildman–Crippen LogP) is 4.11. The predicted molar refractivity (Wildman–Crippen MR) is 118 cm³/mol. The average Bonchev–Trinajstić information content (AvgIpc) is 3.07. The van der Waals surface area contributed by atoms with Crippen molar-refractivity contribution in [2.24, 2.45) is 0 Å². The van der Waals surface area contributed by atoms with Gasteiger partial charge in [-0.05, 0) is 31.5 Å². The third-order valence-electron chi connectivity index (χ3n) is 5.14. The van der Waals surface area contributed by atoms with E-state index in [1.54, 1.807) is 24.3 Å². The first-order valence-electron chi connectivity index (χ1n) is 9.92. The summed E-state index contributed by atoms with van der Waals surface area (Å²) in [6.45, 7) is 4.58. The van der Waals surface area contributed by atoms with Gasteiger partial charge in [0.1, 0.15) is 12.7 Å². The Morgan fingerprint density at radius 2 is 1.73 bits per heavy atom. The van der Waals surface area contributed by atoms with Crippen LogP contribution < -0.4 is 0 Å². The van der Waals surface area contributed by atoms with Crippen LogP contribution >= 0.6 is 22.6 Å². The van der Waals surface area contributed by atoms with Crippen molar-refractivity contribution < 1.29 is 28.5 Å². The molecule has 160 valence electrons. The SMILES string of the molecule is CC1(C)OC[C@]2(OC[C@H](I)[C@@H](OCc3ccccc3)[C@@H]2OC(=O)c2ccccc2)O1. The molecular formula is C23H25IO6. The normalized spacial score (nSPS) is 30.3. The molecule has 0 radical (unpaired) electrons. The van der Waals surface area contributed by atoms with Crippen LogP contribution in [0.2, 0.25) is 0 Å². The van der Waals surface area contributed by atoms with Crippen molar-refractivity contribution in [1.29, 1.82) is 0 Å². The van der Waals surface area contributed by atoms with E-state index < -0.39 is 29.8 Å². The molecule has 0 saturated carbocycles. The molecule has 4 atom stereocenters. The Bertz CT molecular complexity index is 859. The lowest BCUT2D eigenvalue weighted by molar-refractivity contribution is -0.321. The van der Waals surface area contributed by atoms with E-state index in [1.165, 1.54) is 0 Å². The Morgan fingerprint density at radius 1 is 1.07 bits per heavy atom. The highest BCUT2D eigenvalue weighted by Crippen LogP contribution is 2.42. The molecule has 2 aromatic carbocycles. The average molecular weight is 524 g/mol. The summed E-state index contributed by atoms with van der Waals surface area (Å²) in [5.41, 5.74) is 1.50. The number of hydrogen-bond acceptors (Lipinski definition) is 6. The fourth-order valence-electron chi connectivity index (χ4n) is 3.67. The van der Waals surface area contributed by atoms with Crippen molar-refractivity contribution in [2.45, 2.75) is 48.2 Å². The van der Waals surface area contributed by atoms with Crippen LogP contribution in [0.15, 0.2) is 60.7 Å². The summed E-state index contributed by atoms with van der Waals surface area (Å²) in [7, 11) is 0. The molecule has 7 heteroatoms. The summed E-state index contributed by atoms with van der Waals surface area (Å²) in [6, 6.07) is 18.8. The smallest absolute Gasteiger partial charge is 0.338 e. The second kappa shape index (κ2) is 8.92. The number of hydrogen-bond donors (Lipinski definition) is 0. The molecular weight excluding hydrogens is 499 g/mol. The van der Waals surface area contributed by atoms with E-state index >= 15 is 0 Å². The topological polar surface area (TPSA) is 63.2 Å². The van der Waals surface area contributed by atoms with Crippen molar-refractivity contribution in [1.82, 2.24) is 0 Å². The van der Waals surface area contributed by atoms with Crippen LogP contribution in [0.3, 0.4) is 0 Å². The van der Waals surface area contributed by atoms with Gasteiger partial charge in [0.2, 0.25) is 5.79 Å². The molecule has 2 aliphatic rings. The molecule has 0 amide bonds. The molecule has 2 aromatic rings. The summed E-state index contributed by atoms with van der Waals surface area (Å²) >= 11 is 2.28. The van der Waals surface area contributed by atoms with Crippen LogP contribution in [0.25, 0.3) is 0 Å². The van der Waals surface area contributed by atoms with Crippen LogP contribution in [0.4, 0.5) is 0 Å². The Morgan fingerprint density at radius 3 is 2.37 bits per heavy atom. The molecule has 30 heavy (non-hydrogen) atoms. The van der Waals surface area contributed by atoms with E-state index in [-0.39, 0.29) is 10.5 Å². The van der Waals surface area contributed by atoms with Gasteiger partial charge < -0.3 is 23.7 Å². The molecule has 0 bridgehead atoms. The standard InChI is InChI=1S/C23H25IO6/c1-22(2)28-15-23(30-22)20(29-21(25)17-11-7-4-8-12-17)19(18(24)14-27-23)26-13-16-9-5-3-6-10-16/h3-12,18-20H,13-15H2,1-2H3/t18-,19+,20-,23-/m0/s1. The molecule has 2 aliphatic heterocycles. The summed E-state index contributed by atoms with van der Waals surface area (Å²) < 4.78 is 30.3. The van der Waals surface area contributed by atoms with Gasteiger partial charge in [0.15, 0.2) is 11.9 Å². The number of benzene rings is 2. The van der Waals surface area contributed by atoms with Crippen LogP contribution in [0, 0.1) is 0 Å². The maximum atomic E-state index is 12.9. The molecule has 2 saturated heterocycles. The summed E-state index contributed by atoms with van der Waals surface area (Å²) in [4.78, 5) is 12.9. The zero-order valence-electron chi connectivity index (χ0n) is 17.0. The van der Waals surface area contributed by atoms with Crippen molar-refractivity contribution in [2.75, 3.05) is 13.2 Å². The minimum atomic E-state index is -1.21. The first-order chi connectivity index (χ1) is 14.4. The molecule has 2 heterocycles. The van der Waals surface area contributed by atoms with E-state index in [0.717, 1.165) is 5.56 Å². The Labute approximate surface area is 189 Å². The molecule has 4 rings (SSSR count). The van der Waals surface area contributed by atoms with E-state index in [9.17, 15) is 4.79 Å². The van der Waals surface area contributed by atoms with E-state index in [1.807, 2.05) is 50.2 Å².